The molecule has 1 N–H and O–H groups in total. The first-order valence-electron chi connectivity index (χ1n) is 9.52. The van der Waals surface area contributed by atoms with Crippen molar-refractivity contribution in [2.75, 3.05) is 0 Å². The molecule has 1 unspecified atom stereocenters. The summed E-state index contributed by atoms with van der Waals surface area (Å²) in [5.41, 5.74) is 1.25. The molecule has 4 rings (SSSR count). The molecule has 0 aromatic rings. The molecule has 0 bridgehead atoms. The lowest BCUT2D eigenvalue weighted by molar-refractivity contribution is -0.131. The first-order chi connectivity index (χ1) is 11.6. The molecule has 0 aliphatic heterocycles. The van der Waals surface area contributed by atoms with Gasteiger partial charge in [-0.25, -0.2) is 4.18 Å². The summed E-state index contributed by atoms with van der Waals surface area (Å²) < 4.78 is 35.9. The zero-order valence-corrected chi connectivity index (χ0v) is 15.8. The Kier molecular flexibility index (Phi) is 3.99. The van der Waals surface area contributed by atoms with Gasteiger partial charge in [-0.1, -0.05) is 25.5 Å². The van der Waals surface area contributed by atoms with E-state index < -0.39 is 16.5 Å². The first kappa shape index (κ1) is 17.7. The van der Waals surface area contributed by atoms with Gasteiger partial charge < -0.3 is 0 Å². The number of allylic oxidation sites excluding steroid dienone is 1. The molecule has 0 spiro atoms. The minimum absolute atomic E-state index is 0.0783. The normalized spacial score (nSPS) is 46.8. The van der Waals surface area contributed by atoms with Gasteiger partial charge in [-0.3, -0.25) is 9.35 Å². The van der Waals surface area contributed by atoms with E-state index in [9.17, 15) is 13.2 Å². The fraction of sp³-hybridized carbons (Fsp3) is 0.842. The molecule has 4 aliphatic carbocycles. The Morgan fingerprint density at radius 1 is 1.12 bits per heavy atom. The van der Waals surface area contributed by atoms with Crippen molar-refractivity contribution >= 4 is 16.2 Å². The van der Waals surface area contributed by atoms with Crippen molar-refractivity contribution in [1.82, 2.24) is 0 Å². The number of carbonyl (C=O) groups is 1. The maximum atomic E-state index is 12.4. The van der Waals surface area contributed by atoms with Gasteiger partial charge in [0.25, 0.3) is 0 Å². The highest BCUT2D eigenvalue weighted by Gasteiger charge is 2.58. The van der Waals surface area contributed by atoms with Crippen molar-refractivity contribution in [2.24, 2.45) is 28.6 Å². The van der Waals surface area contributed by atoms with Crippen LogP contribution in [0.25, 0.3) is 0 Å². The predicted octanol–water partition coefficient (Wildman–Crippen LogP) is 3.71. The van der Waals surface area contributed by atoms with Gasteiger partial charge in [0, 0.05) is 11.8 Å². The number of fused-ring (bicyclic) bond motifs is 5. The third kappa shape index (κ3) is 2.72. The maximum absolute atomic E-state index is 12.4. The second-order valence-corrected chi connectivity index (χ2v) is 10.1. The Morgan fingerprint density at radius 2 is 1.80 bits per heavy atom. The fourth-order valence-corrected chi connectivity index (χ4v) is 7.16. The zero-order chi connectivity index (χ0) is 18.0. The van der Waals surface area contributed by atoms with Gasteiger partial charge in [0.15, 0.2) is 0 Å². The highest BCUT2D eigenvalue weighted by Crippen LogP contribution is 2.64. The van der Waals surface area contributed by atoms with Gasteiger partial charge in [0.1, 0.15) is 5.78 Å². The van der Waals surface area contributed by atoms with Gasteiger partial charge in [0.05, 0.1) is 6.10 Å². The number of carbonyl (C=O) groups excluding carboxylic acids is 1. The van der Waals surface area contributed by atoms with E-state index in [2.05, 4.69) is 19.9 Å². The Hall–Kier alpha value is -0.720. The van der Waals surface area contributed by atoms with Crippen LogP contribution in [0.4, 0.5) is 0 Å². The minimum atomic E-state index is -4.40. The third-order valence-corrected chi connectivity index (χ3v) is 8.54. The largest absolute Gasteiger partial charge is 0.397 e. The molecule has 0 saturated heterocycles. The summed E-state index contributed by atoms with van der Waals surface area (Å²) in [5.74, 6) is 2.10. The molecule has 5 nitrogen and oxygen atoms in total. The number of rotatable bonds is 2. The molecule has 0 aromatic heterocycles. The van der Waals surface area contributed by atoms with Crippen LogP contribution < -0.4 is 0 Å². The predicted molar refractivity (Wildman–Crippen MR) is 93.1 cm³/mol. The lowest BCUT2D eigenvalue weighted by Crippen LogP contribution is -2.50. The second kappa shape index (κ2) is 5.64. The van der Waals surface area contributed by atoms with Gasteiger partial charge in [-0.2, -0.15) is 8.42 Å². The van der Waals surface area contributed by atoms with Crippen molar-refractivity contribution in [3.63, 3.8) is 0 Å². The van der Waals surface area contributed by atoms with E-state index in [1.54, 1.807) is 0 Å². The molecule has 4 aliphatic rings. The van der Waals surface area contributed by atoms with Crippen molar-refractivity contribution in [3.05, 3.63) is 11.6 Å². The Balaban J connectivity index is 1.59. The molecule has 6 atom stereocenters. The summed E-state index contributed by atoms with van der Waals surface area (Å²) in [6, 6.07) is 0. The van der Waals surface area contributed by atoms with Gasteiger partial charge in [-0.15, -0.1) is 0 Å². The molecule has 0 heterocycles. The smallest absolute Gasteiger partial charge is 0.299 e. The van der Waals surface area contributed by atoms with E-state index in [0.29, 0.717) is 36.4 Å². The van der Waals surface area contributed by atoms with Crippen LogP contribution in [-0.2, 0) is 19.4 Å². The van der Waals surface area contributed by atoms with E-state index in [1.807, 2.05) is 0 Å². The van der Waals surface area contributed by atoms with Crippen LogP contribution in [0.5, 0.6) is 0 Å². The summed E-state index contributed by atoms with van der Waals surface area (Å²) in [6.45, 7) is 4.50. The minimum Gasteiger partial charge on any atom is -0.299 e. The molecule has 0 radical (unpaired) electrons. The first-order valence-corrected chi connectivity index (χ1v) is 10.9. The molecule has 0 amide bonds. The summed E-state index contributed by atoms with van der Waals surface area (Å²) in [4.78, 5) is 12.4. The molecule has 3 saturated carbocycles. The quantitative estimate of drug-likeness (QED) is 0.594. The monoisotopic (exact) mass is 368 g/mol. The molecule has 3 fully saturated rings. The molecule has 0 aromatic carbocycles. The standard InChI is InChI=1S/C19H28O5S/c1-18-9-7-13(24-25(21,22)23)11-12(18)3-4-14-15-5-6-17(20)19(15,2)10-8-16(14)18/h3,13-16H,4-11H2,1-2H3,(H,21,22,23)/t13-,14?,15-,16-,18-,19-/m0/s1. The highest BCUT2D eigenvalue weighted by atomic mass is 32.3. The number of hydrogen-bond acceptors (Lipinski definition) is 4. The van der Waals surface area contributed by atoms with Gasteiger partial charge in [-0.05, 0) is 68.1 Å². The van der Waals surface area contributed by atoms with Crippen molar-refractivity contribution in [1.29, 1.82) is 0 Å². The van der Waals surface area contributed by atoms with Crippen molar-refractivity contribution in [2.45, 2.75) is 71.3 Å². The molecular weight excluding hydrogens is 340 g/mol. The van der Waals surface area contributed by atoms with Gasteiger partial charge >= 0.3 is 10.4 Å². The van der Waals surface area contributed by atoms with Crippen molar-refractivity contribution in [3.8, 4) is 0 Å². The average molecular weight is 368 g/mol. The van der Waals surface area contributed by atoms with Crippen LogP contribution >= 0.6 is 0 Å². The average Bonchev–Trinajstić information content (AvgIpc) is 2.82. The number of ketones is 1. The van der Waals surface area contributed by atoms with Crippen molar-refractivity contribution < 1.29 is 21.9 Å². The van der Waals surface area contributed by atoms with E-state index >= 15 is 0 Å². The highest BCUT2D eigenvalue weighted by molar-refractivity contribution is 7.80. The SMILES string of the molecule is C[C@]12CC[C@H](OS(=O)(=O)O)CC1=CCC1[C@@H]2CC[C@]2(C)C(=O)CC[C@@H]12. The lowest BCUT2D eigenvalue weighted by atomic mass is 9.48. The Labute approximate surface area is 150 Å². The molecule has 140 valence electrons. The van der Waals surface area contributed by atoms with Gasteiger partial charge in [0.2, 0.25) is 0 Å². The summed E-state index contributed by atoms with van der Waals surface area (Å²) in [6.07, 6.45) is 8.79. The lowest BCUT2D eigenvalue weighted by Gasteiger charge is -2.56. The second-order valence-electron chi connectivity index (χ2n) is 9.07. The fourth-order valence-electron chi connectivity index (χ4n) is 6.65. The van der Waals surface area contributed by atoms with Crippen LogP contribution in [0.2, 0.25) is 0 Å². The van der Waals surface area contributed by atoms with Crippen LogP contribution in [-0.4, -0.2) is 24.9 Å². The summed E-state index contributed by atoms with van der Waals surface area (Å²) in [7, 11) is -4.40. The number of hydrogen-bond donors (Lipinski definition) is 1. The van der Waals surface area contributed by atoms with Crippen LogP contribution in [0.3, 0.4) is 0 Å². The molecule has 25 heavy (non-hydrogen) atoms. The van der Waals surface area contributed by atoms with E-state index in [-0.39, 0.29) is 10.8 Å². The zero-order valence-electron chi connectivity index (χ0n) is 15.0. The van der Waals surface area contributed by atoms with Crippen LogP contribution in [0.15, 0.2) is 11.6 Å². The van der Waals surface area contributed by atoms with E-state index in [4.69, 9.17) is 8.74 Å². The number of Topliss-reactive ketones (excluding diaryl/α,β-unsaturated/α-hetero) is 1. The van der Waals surface area contributed by atoms with Crippen LogP contribution in [0.1, 0.15) is 65.2 Å². The van der Waals surface area contributed by atoms with E-state index in [1.165, 1.54) is 5.57 Å². The Bertz CT molecular complexity index is 726. The summed E-state index contributed by atoms with van der Waals surface area (Å²) in [5, 5.41) is 0. The summed E-state index contributed by atoms with van der Waals surface area (Å²) >= 11 is 0. The van der Waals surface area contributed by atoms with Crippen LogP contribution in [0, 0.1) is 28.6 Å². The molecular formula is C19H28O5S. The maximum Gasteiger partial charge on any atom is 0.397 e. The molecule has 6 heteroatoms. The Morgan fingerprint density at radius 3 is 2.52 bits per heavy atom. The van der Waals surface area contributed by atoms with E-state index in [0.717, 1.165) is 38.5 Å². The topological polar surface area (TPSA) is 80.7 Å². The third-order valence-electron chi connectivity index (χ3n) is 8.03.